The third kappa shape index (κ3) is 3.57. The lowest BCUT2D eigenvalue weighted by Crippen LogP contribution is -2.05. The number of hydrogen-bond donors (Lipinski definition) is 1. The molecule has 2 N–H and O–H groups in total. The molecule has 0 aliphatic carbocycles. The first-order valence-corrected chi connectivity index (χ1v) is 5.33. The van der Waals surface area contributed by atoms with Gasteiger partial charge in [-0.3, -0.25) is 0 Å². The van der Waals surface area contributed by atoms with Crippen molar-refractivity contribution in [3.05, 3.63) is 40.9 Å². The molecule has 1 rings (SSSR count). The average Bonchev–Trinajstić information content (AvgIpc) is 2.20. The Morgan fingerprint density at radius 3 is 2.80 bits per heavy atom. The lowest BCUT2D eigenvalue weighted by molar-refractivity contribution is 0.360. The highest BCUT2D eigenvalue weighted by atomic mass is 35.5. The van der Waals surface area contributed by atoms with E-state index in [2.05, 4.69) is 0 Å². The van der Waals surface area contributed by atoms with Gasteiger partial charge in [0.05, 0.1) is 0 Å². The molecule has 0 heterocycles. The Labute approximate surface area is 95.7 Å². The first-order chi connectivity index (χ1) is 7.15. The second kappa shape index (κ2) is 5.79. The predicted molar refractivity (Wildman–Crippen MR) is 64.3 cm³/mol. The van der Waals surface area contributed by atoms with E-state index in [1.807, 2.05) is 32.0 Å². The van der Waals surface area contributed by atoms with E-state index in [-0.39, 0.29) is 6.04 Å². The molecule has 0 spiro atoms. The fraction of sp³-hybridized carbons (Fsp3) is 0.333. The van der Waals surface area contributed by atoms with Gasteiger partial charge in [-0.2, -0.15) is 0 Å². The van der Waals surface area contributed by atoms with Gasteiger partial charge < -0.3 is 10.5 Å². The van der Waals surface area contributed by atoms with Gasteiger partial charge in [-0.05, 0) is 37.1 Å². The zero-order chi connectivity index (χ0) is 11.3. The second-order valence-electron chi connectivity index (χ2n) is 3.49. The Kier molecular flexibility index (Phi) is 4.66. The zero-order valence-electron chi connectivity index (χ0n) is 9.03. The molecular weight excluding hydrogens is 210 g/mol. The Morgan fingerprint density at radius 1 is 1.53 bits per heavy atom. The Morgan fingerprint density at radius 2 is 2.27 bits per heavy atom. The summed E-state index contributed by atoms with van der Waals surface area (Å²) >= 11 is 5.40. The van der Waals surface area contributed by atoms with Crippen molar-refractivity contribution >= 4 is 11.6 Å². The Balaban J connectivity index is 2.74. The maximum absolute atomic E-state index is 5.78. The summed E-state index contributed by atoms with van der Waals surface area (Å²) in [6, 6.07) is 6.03. The molecule has 0 radical (unpaired) electrons. The van der Waals surface area contributed by atoms with Gasteiger partial charge in [0.1, 0.15) is 12.4 Å². The van der Waals surface area contributed by atoms with Crippen LogP contribution in [0.25, 0.3) is 0 Å². The molecule has 0 aliphatic rings. The summed E-state index contributed by atoms with van der Waals surface area (Å²) < 4.78 is 5.50. The van der Waals surface area contributed by atoms with Crippen LogP contribution in [0.5, 0.6) is 5.75 Å². The Hall–Kier alpha value is -0.990. The van der Waals surface area contributed by atoms with E-state index in [0.717, 1.165) is 16.9 Å². The van der Waals surface area contributed by atoms with Crippen molar-refractivity contribution in [1.82, 2.24) is 0 Å². The number of halogens is 1. The summed E-state index contributed by atoms with van der Waals surface area (Å²) in [6.45, 7) is 4.46. The van der Waals surface area contributed by atoms with E-state index in [1.54, 1.807) is 6.08 Å². The van der Waals surface area contributed by atoms with E-state index in [0.29, 0.717) is 6.61 Å². The van der Waals surface area contributed by atoms with Crippen LogP contribution in [0.2, 0.25) is 0 Å². The van der Waals surface area contributed by atoms with Crippen LogP contribution in [0.3, 0.4) is 0 Å². The summed E-state index contributed by atoms with van der Waals surface area (Å²) in [6.07, 6.45) is 1.75. The molecule has 1 aromatic rings. The summed E-state index contributed by atoms with van der Waals surface area (Å²) in [5.41, 5.74) is 9.44. The lowest BCUT2D eigenvalue weighted by Gasteiger charge is -2.11. The minimum atomic E-state index is 0.0560. The molecule has 1 unspecified atom stereocenters. The van der Waals surface area contributed by atoms with Gasteiger partial charge in [0, 0.05) is 11.6 Å². The maximum Gasteiger partial charge on any atom is 0.122 e. The van der Waals surface area contributed by atoms with Crippen LogP contribution in [0.1, 0.15) is 24.1 Å². The summed E-state index contributed by atoms with van der Waals surface area (Å²) in [4.78, 5) is 0. The van der Waals surface area contributed by atoms with Gasteiger partial charge in [0.15, 0.2) is 0 Å². The first kappa shape index (κ1) is 12.1. The third-order valence-electron chi connectivity index (χ3n) is 2.15. The van der Waals surface area contributed by atoms with Gasteiger partial charge in [-0.25, -0.2) is 0 Å². The average molecular weight is 226 g/mol. The van der Waals surface area contributed by atoms with Gasteiger partial charge in [-0.1, -0.05) is 23.7 Å². The highest BCUT2D eigenvalue weighted by Crippen LogP contribution is 2.21. The molecule has 0 bridgehead atoms. The van der Waals surface area contributed by atoms with E-state index in [4.69, 9.17) is 22.1 Å². The van der Waals surface area contributed by atoms with Crippen LogP contribution in [0.4, 0.5) is 0 Å². The minimum absolute atomic E-state index is 0.0560. The van der Waals surface area contributed by atoms with Gasteiger partial charge in [-0.15, -0.1) is 0 Å². The van der Waals surface area contributed by atoms with Crippen molar-refractivity contribution in [1.29, 1.82) is 0 Å². The standard InChI is InChI=1S/C12H16ClNO/c1-9-8-11(10(2)14)4-5-12(9)15-7-3-6-13/h3-6,8,10H,7,14H2,1-2H3/b6-3+. The molecule has 0 fully saturated rings. The molecule has 0 amide bonds. The second-order valence-corrected chi connectivity index (χ2v) is 3.74. The molecule has 15 heavy (non-hydrogen) atoms. The summed E-state index contributed by atoms with van der Waals surface area (Å²) in [5, 5.41) is 0. The van der Waals surface area contributed by atoms with Crippen molar-refractivity contribution in [2.45, 2.75) is 19.9 Å². The molecule has 1 atom stereocenters. The minimum Gasteiger partial charge on any atom is -0.489 e. The number of rotatable bonds is 4. The topological polar surface area (TPSA) is 35.2 Å². The molecule has 0 aromatic heterocycles. The quantitative estimate of drug-likeness (QED) is 0.855. The largest absolute Gasteiger partial charge is 0.489 e. The third-order valence-corrected chi connectivity index (χ3v) is 2.33. The summed E-state index contributed by atoms with van der Waals surface area (Å²) in [7, 11) is 0. The van der Waals surface area contributed by atoms with E-state index < -0.39 is 0 Å². The molecule has 0 saturated carbocycles. The maximum atomic E-state index is 5.78. The number of benzene rings is 1. The lowest BCUT2D eigenvalue weighted by atomic mass is 10.1. The van der Waals surface area contributed by atoms with Crippen LogP contribution in [-0.2, 0) is 0 Å². The van der Waals surface area contributed by atoms with Crippen molar-refractivity contribution < 1.29 is 4.74 Å². The molecule has 2 nitrogen and oxygen atoms in total. The van der Waals surface area contributed by atoms with Crippen LogP contribution in [0, 0.1) is 6.92 Å². The van der Waals surface area contributed by atoms with Crippen molar-refractivity contribution in [2.24, 2.45) is 5.73 Å². The molecule has 0 aliphatic heterocycles. The Bertz CT molecular complexity index is 347. The van der Waals surface area contributed by atoms with Crippen LogP contribution >= 0.6 is 11.6 Å². The fourth-order valence-electron chi connectivity index (χ4n) is 1.29. The number of hydrogen-bond acceptors (Lipinski definition) is 2. The molecular formula is C12H16ClNO. The molecule has 82 valence electrons. The van der Waals surface area contributed by atoms with Crippen molar-refractivity contribution in [3.63, 3.8) is 0 Å². The molecule has 0 saturated heterocycles. The monoisotopic (exact) mass is 225 g/mol. The SMILES string of the molecule is Cc1cc(C(C)N)ccc1OC/C=C/Cl. The van der Waals surface area contributed by atoms with Crippen LogP contribution in [-0.4, -0.2) is 6.61 Å². The first-order valence-electron chi connectivity index (χ1n) is 4.89. The molecule has 3 heteroatoms. The smallest absolute Gasteiger partial charge is 0.122 e. The van der Waals surface area contributed by atoms with E-state index in [9.17, 15) is 0 Å². The number of nitrogens with two attached hydrogens (primary N) is 1. The van der Waals surface area contributed by atoms with Gasteiger partial charge in [0.2, 0.25) is 0 Å². The predicted octanol–water partition coefficient (Wildman–Crippen LogP) is 3.15. The van der Waals surface area contributed by atoms with Crippen LogP contribution < -0.4 is 10.5 Å². The van der Waals surface area contributed by atoms with E-state index in [1.165, 1.54) is 5.54 Å². The van der Waals surface area contributed by atoms with Crippen molar-refractivity contribution in [2.75, 3.05) is 6.61 Å². The van der Waals surface area contributed by atoms with Crippen LogP contribution in [0.15, 0.2) is 29.8 Å². The van der Waals surface area contributed by atoms with Gasteiger partial charge >= 0.3 is 0 Å². The zero-order valence-corrected chi connectivity index (χ0v) is 9.79. The highest BCUT2D eigenvalue weighted by molar-refractivity contribution is 6.25. The number of ether oxygens (including phenoxy) is 1. The molecule has 1 aromatic carbocycles. The van der Waals surface area contributed by atoms with Crippen molar-refractivity contribution in [3.8, 4) is 5.75 Å². The fourth-order valence-corrected chi connectivity index (χ4v) is 1.36. The normalized spacial score (nSPS) is 13.1. The summed E-state index contributed by atoms with van der Waals surface area (Å²) in [5.74, 6) is 0.870. The number of aryl methyl sites for hydroxylation is 1. The van der Waals surface area contributed by atoms with E-state index >= 15 is 0 Å². The van der Waals surface area contributed by atoms with Gasteiger partial charge in [0.25, 0.3) is 0 Å². The highest BCUT2D eigenvalue weighted by Gasteiger charge is 2.03.